The van der Waals surface area contributed by atoms with E-state index in [4.69, 9.17) is 47.1 Å². The highest BCUT2D eigenvalue weighted by molar-refractivity contribution is 6.74. The third-order valence-corrected chi connectivity index (χ3v) is 22.4. The molecular formula is C56H118O11Si2. The molecule has 13 heteroatoms. The van der Waals surface area contributed by atoms with Gasteiger partial charge in [-0.2, -0.15) is 0 Å². The average molecular weight is 1020 g/mol. The molecule has 0 radical (unpaired) electrons. The first-order chi connectivity index (χ1) is 32.8. The fourth-order valence-corrected chi connectivity index (χ4v) is 9.07. The summed E-state index contributed by atoms with van der Waals surface area (Å²) in [4.78, 5) is 11.4. The van der Waals surface area contributed by atoms with Gasteiger partial charge in [0.2, 0.25) is 0 Å². The fourth-order valence-electron chi connectivity index (χ4n) is 7.30. The van der Waals surface area contributed by atoms with Crippen LogP contribution in [0.2, 0.25) is 36.3 Å². The molecule has 0 aromatic carbocycles. The zero-order valence-electron chi connectivity index (χ0n) is 48.7. The maximum absolute atomic E-state index is 11.4. The normalized spacial score (nSPS) is 16.6. The van der Waals surface area contributed by atoms with Gasteiger partial charge in [0.25, 0.3) is 0 Å². The first kappa shape index (κ1) is 69.0. The van der Waals surface area contributed by atoms with Crippen LogP contribution in [0, 0.1) is 0 Å². The van der Waals surface area contributed by atoms with Gasteiger partial charge in [0.15, 0.2) is 16.6 Å². The summed E-state index contributed by atoms with van der Waals surface area (Å²) < 4.78 is 69.4. The molecule has 0 unspecified atom stereocenters. The van der Waals surface area contributed by atoms with Gasteiger partial charge >= 0.3 is 0 Å². The van der Waals surface area contributed by atoms with Gasteiger partial charge < -0.3 is 51.9 Å². The van der Waals surface area contributed by atoms with Crippen LogP contribution in [-0.2, 0) is 47.1 Å². The Labute approximate surface area is 430 Å². The zero-order valence-corrected chi connectivity index (χ0v) is 50.7. The Morgan fingerprint density at radius 3 is 0.913 bits per heavy atom. The number of rotatable bonds is 49. The molecule has 8 atom stereocenters. The van der Waals surface area contributed by atoms with Crippen molar-refractivity contribution >= 4 is 16.6 Å². The molecule has 69 heavy (non-hydrogen) atoms. The molecule has 0 saturated heterocycles. The van der Waals surface area contributed by atoms with Crippen molar-refractivity contribution < 1.29 is 51.9 Å². The molecular weight excluding hydrogens is 905 g/mol. The minimum absolute atomic E-state index is 0.0419. The van der Waals surface area contributed by atoms with Crippen LogP contribution in [-0.4, -0.2) is 143 Å². The quantitative estimate of drug-likeness (QED) is 0.0464. The summed E-state index contributed by atoms with van der Waals surface area (Å²) in [5.74, 6) is 0. The van der Waals surface area contributed by atoms with Crippen LogP contribution in [0.3, 0.4) is 0 Å². The van der Waals surface area contributed by atoms with Crippen molar-refractivity contribution in [2.24, 2.45) is 0 Å². The molecule has 416 valence electrons. The summed E-state index contributed by atoms with van der Waals surface area (Å²) in [7, 11) is -4.62. The second-order valence-corrected chi connectivity index (χ2v) is 31.7. The van der Waals surface area contributed by atoms with Crippen molar-refractivity contribution in [1.82, 2.24) is 0 Å². The summed E-state index contributed by atoms with van der Waals surface area (Å²) in [6, 6.07) is 0. The highest BCUT2D eigenvalue weighted by Crippen LogP contribution is 2.41. The van der Waals surface area contributed by atoms with E-state index in [-0.39, 0.29) is 35.5 Å². The van der Waals surface area contributed by atoms with Crippen molar-refractivity contribution in [1.29, 1.82) is 0 Å². The van der Waals surface area contributed by atoms with Crippen LogP contribution in [0.25, 0.3) is 0 Å². The smallest absolute Gasteiger partial charge is 0.192 e. The first-order valence-electron chi connectivity index (χ1n) is 28.6. The van der Waals surface area contributed by atoms with E-state index in [0.29, 0.717) is 59.5 Å². The standard InChI is InChI=1S/C56H118O11Si2/c1-18-26-36-59-47(34-35-56(12,13)68(14,15)57)51(63-40-30-22-5)52(64-41-31-23-6)48(60-37-27-19-2)44-58-45-49(61-38-28-20-3)53(65-42-32-24-7)54(66-43-33-25-8)50(62-39-29-21-4)46-67-69(16,17)55(9,10)11/h47-54,57H,18-46H2,1-17H3/t47-,48-,49-,50-,51-,52-,53-,54-/m1/s1. The predicted octanol–water partition coefficient (Wildman–Crippen LogP) is 14.3. The number of ether oxygens (including phenoxy) is 9. The molecule has 1 N–H and O–H groups in total. The second kappa shape index (κ2) is 40.3. The van der Waals surface area contributed by atoms with Gasteiger partial charge in [-0.3, -0.25) is 0 Å². The van der Waals surface area contributed by atoms with E-state index in [1.54, 1.807) is 0 Å². The SMILES string of the molecule is CCCCO[C@@H]([C@H](OCCCC)[C@@H](COC[C@@H](OCCCC)[C@@H](OCCCC)[C@H](OCCCC)[C@@H](CO[Si](C)(C)C(C)(C)C)OCCCC)OCCCC)[C@@H](CCC(C)(C)[Si](C)(C)O)OCCCC. The van der Waals surface area contributed by atoms with Crippen molar-refractivity contribution in [3.63, 3.8) is 0 Å². The first-order valence-corrected chi connectivity index (χ1v) is 34.5. The fraction of sp³-hybridized carbons (Fsp3) is 1.00. The van der Waals surface area contributed by atoms with Crippen LogP contribution in [0.1, 0.15) is 206 Å². The molecule has 0 aromatic rings. The Kier molecular flexibility index (Phi) is 40.3. The van der Waals surface area contributed by atoms with Crippen molar-refractivity contribution in [3.8, 4) is 0 Å². The van der Waals surface area contributed by atoms with Gasteiger partial charge in [0.05, 0.1) is 25.9 Å². The van der Waals surface area contributed by atoms with Gasteiger partial charge in [-0.15, -0.1) is 0 Å². The van der Waals surface area contributed by atoms with Gasteiger partial charge in [0.1, 0.15) is 42.7 Å². The van der Waals surface area contributed by atoms with E-state index in [1.807, 2.05) is 13.1 Å². The third-order valence-electron chi connectivity index (χ3n) is 14.4. The number of hydrogen-bond donors (Lipinski definition) is 1. The summed E-state index contributed by atoms with van der Waals surface area (Å²) in [5.41, 5.74) is 0. The van der Waals surface area contributed by atoms with Crippen LogP contribution in [0.4, 0.5) is 0 Å². The highest BCUT2D eigenvalue weighted by Gasteiger charge is 2.44. The monoisotopic (exact) mass is 1020 g/mol. The van der Waals surface area contributed by atoms with E-state index >= 15 is 0 Å². The minimum atomic E-state index is -2.49. The maximum Gasteiger partial charge on any atom is 0.192 e. The van der Waals surface area contributed by atoms with Crippen LogP contribution in [0.15, 0.2) is 0 Å². The summed E-state index contributed by atoms with van der Waals surface area (Å²) >= 11 is 0. The Bertz CT molecular complexity index is 1060. The third kappa shape index (κ3) is 29.6. The molecule has 11 nitrogen and oxygen atoms in total. The number of unbranched alkanes of at least 4 members (excludes halogenated alkanes) is 8. The number of hydrogen-bond acceptors (Lipinski definition) is 11. The molecule has 0 rings (SSSR count). The molecule has 0 saturated carbocycles. The van der Waals surface area contributed by atoms with Crippen molar-refractivity contribution in [2.45, 2.75) is 291 Å². The zero-order chi connectivity index (χ0) is 52.2. The molecule has 0 heterocycles. The predicted molar refractivity (Wildman–Crippen MR) is 294 cm³/mol. The van der Waals surface area contributed by atoms with E-state index in [9.17, 15) is 4.80 Å². The van der Waals surface area contributed by atoms with Gasteiger partial charge in [-0.1, -0.05) is 141 Å². The Morgan fingerprint density at radius 2 is 0.638 bits per heavy atom. The molecule has 0 amide bonds. The lowest BCUT2D eigenvalue weighted by atomic mass is 9.95. The lowest BCUT2D eigenvalue weighted by molar-refractivity contribution is -0.206. The Hall–Kier alpha value is -0.00623. The van der Waals surface area contributed by atoms with Crippen LogP contribution < -0.4 is 0 Å². The molecule has 0 aromatic heterocycles. The molecule has 0 aliphatic carbocycles. The van der Waals surface area contributed by atoms with E-state index < -0.39 is 53.3 Å². The molecule has 0 spiro atoms. The van der Waals surface area contributed by atoms with Crippen LogP contribution in [0.5, 0.6) is 0 Å². The van der Waals surface area contributed by atoms with Crippen molar-refractivity contribution in [2.75, 3.05) is 72.7 Å². The topological polar surface area (TPSA) is 113 Å². The van der Waals surface area contributed by atoms with E-state index in [1.165, 1.54) is 0 Å². The highest BCUT2D eigenvalue weighted by atomic mass is 28.4. The Morgan fingerprint density at radius 1 is 0.377 bits per heavy atom. The van der Waals surface area contributed by atoms with Gasteiger partial charge in [-0.05, 0) is 100 Å². The van der Waals surface area contributed by atoms with E-state index in [2.05, 4.69) is 103 Å². The largest absolute Gasteiger partial charge is 0.432 e. The molecule has 0 bridgehead atoms. The maximum atomic E-state index is 11.4. The molecule has 0 aliphatic heterocycles. The Balaban J connectivity index is 7.58. The lowest BCUT2D eigenvalue weighted by Crippen LogP contribution is -2.55. The van der Waals surface area contributed by atoms with Crippen LogP contribution >= 0.6 is 0 Å². The lowest BCUT2D eigenvalue weighted by Gasteiger charge is -2.41. The summed E-state index contributed by atoms with van der Waals surface area (Å²) in [6.07, 6.45) is 13.9. The minimum Gasteiger partial charge on any atom is -0.432 e. The average Bonchev–Trinajstić information content (AvgIpc) is 3.29. The second-order valence-electron chi connectivity index (χ2n) is 22.4. The summed E-state index contributed by atoms with van der Waals surface area (Å²) in [5, 5.41) is -0.177. The van der Waals surface area contributed by atoms with Gasteiger partial charge in [0, 0.05) is 52.9 Å². The summed E-state index contributed by atoms with van der Waals surface area (Å²) in [6.45, 7) is 43.2. The molecule has 0 aliphatic rings. The van der Waals surface area contributed by atoms with E-state index in [0.717, 1.165) is 116 Å². The molecule has 0 fully saturated rings. The van der Waals surface area contributed by atoms with Crippen molar-refractivity contribution in [3.05, 3.63) is 0 Å². The van der Waals surface area contributed by atoms with Gasteiger partial charge in [-0.25, -0.2) is 0 Å².